The Morgan fingerprint density at radius 2 is 1.59 bits per heavy atom. The van der Waals surface area contributed by atoms with Crippen molar-refractivity contribution in [1.82, 2.24) is 0 Å². The van der Waals surface area contributed by atoms with Crippen LogP contribution in [0.25, 0.3) is 34.1 Å². The van der Waals surface area contributed by atoms with Crippen LogP contribution in [-0.2, 0) is 0 Å². The zero-order valence-corrected chi connectivity index (χ0v) is 22.9. The van der Waals surface area contributed by atoms with Crippen molar-refractivity contribution >= 4 is 24.4 Å². The number of rotatable bonds is 5. The molecule has 1 nitrogen and oxygen atoms in total. The summed E-state index contributed by atoms with van der Waals surface area (Å²) in [4.78, 5) is 0. The molecule has 1 fully saturated rings. The highest BCUT2D eigenvalue weighted by Gasteiger charge is 2.39. The highest BCUT2D eigenvalue weighted by atomic mass is 16.3. The summed E-state index contributed by atoms with van der Waals surface area (Å²) < 4.78 is 6.90. The third-order valence-electron chi connectivity index (χ3n) is 9.53. The van der Waals surface area contributed by atoms with E-state index in [-0.39, 0.29) is 10.8 Å². The average Bonchev–Trinajstić information content (AvgIpc) is 3.46. The molecule has 0 aliphatic heterocycles. The first kappa shape index (κ1) is 24.3. The summed E-state index contributed by atoms with van der Waals surface area (Å²) in [5.41, 5.74) is 8.03. The van der Waals surface area contributed by atoms with Crippen molar-refractivity contribution in [2.24, 2.45) is 28.6 Å². The summed E-state index contributed by atoms with van der Waals surface area (Å²) in [6.07, 6.45) is 15.0. The topological polar surface area (TPSA) is 13.1 Å². The second-order valence-electron chi connectivity index (χ2n) is 12.9. The Morgan fingerprint density at radius 3 is 2.32 bits per heavy atom. The summed E-state index contributed by atoms with van der Waals surface area (Å²) in [7, 11) is 2.39. The van der Waals surface area contributed by atoms with Crippen LogP contribution in [0.2, 0.25) is 6.32 Å². The Labute approximate surface area is 222 Å². The van der Waals surface area contributed by atoms with E-state index in [9.17, 15) is 0 Å². The summed E-state index contributed by atoms with van der Waals surface area (Å²) >= 11 is 0. The lowest BCUT2D eigenvalue weighted by Crippen LogP contribution is -2.33. The molecule has 3 atom stereocenters. The molecule has 2 aromatic carbocycles. The lowest BCUT2D eigenvalue weighted by molar-refractivity contribution is 0.157. The maximum absolute atomic E-state index is 6.90. The first-order valence-electron chi connectivity index (χ1n) is 13.9. The van der Waals surface area contributed by atoms with Crippen molar-refractivity contribution in [2.45, 2.75) is 53.8 Å². The van der Waals surface area contributed by atoms with Crippen molar-refractivity contribution in [3.8, 4) is 22.5 Å². The molecule has 3 aromatic rings. The molecule has 1 heterocycles. The van der Waals surface area contributed by atoms with E-state index in [1.807, 2.05) is 0 Å². The molecule has 1 aromatic heterocycles. The summed E-state index contributed by atoms with van der Waals surface area (Å²) in [5.74, 6) is 2.65. The largest absolute Gasteiger partial charge is 0.455 e. The average molecular weight is 486 g/mol. The SMILES string of the molecule is CC(C)(C)C(C)(C)C[B]c1ccc(-c2oc3c(c2-c2ccccc2)=CCC2CC4C=CC=CC4C=32)cc1. The minimum absolute atomic E-state index is 0.234. The van der Waals surface area contributed by atoms with Crippen LogP contribution in [0.1, 0.15) is 47.5 Å². The molecule has 1 saturated carbocycles. The highest BCUT2D eigenvalue weighted by Crippen LogP contribution is 2.47. The van der Waals surface area contributed by atoms with Gasteiger partial charge in [0.1, 0.15) is 11.2 Å². The normalized spacial score (nSPS) is 22.3. The van der Waals surface area contributed by atoms with Gasteiger partial charge >= 0.3 is 0 Å². The fraction of sp³-hybridized carbons (Fsp3) is 0.371. The molecule has 3 aliphatic carbocycles. The number of allylic oxidation sites excluding steroid dienone is 4. The molecule has 0 saturated heterocycles. The standard InChI is InChI=1S/C35H38BO/c1-34(2,3)35(4,5)22-36-27-18-15-24(16-19-27)32-30(23-11-7-6-8-12-23)29-20-17-26-21-25-13-9-10-14-28(25)31(26)33(29)37-32/h6-16,18-20,25-26,28H,17,21-22H2,1-5H3. The maximum atomic E-state index is 6.90. The van der Waals surface area contributed by atoms with Crippen molar-refractivity contribution < 1.29 is 4.42 Å². The molecule has 2 heteroatoms. The molecule has 1 radical (unpaired) electrons. The minimum Gasteiger partial charge on any atom is -0.455 e. The third kappa shape index (κ3) is 4.29. The lowest BCUT2D eigenvalue weighted by Gasteiger charge is -2.39. The predicted octanol–water partition coefficient (Wildman–Crippen LogP) is 7.15. The first-order chi connectivity index (χ1) is 17.7. The van der Waals surface area contributed by atoms with Crippen molar-refractivity contribution in [1.29, 1.82) is 0 Å². The fourth-order valence-corrected chi connectivity index (χ4v) is 6.16. The molecule has 0 N–H and O–H groups in total. The molecule has 0 bridgehead atoms. The number of hydrogen-bond acceptors (Lipinski definition) is 1. The molecular weight excluding hydrogens is 447 g/mol. The van der Waals surface area contributed by atoms with Crippen LogP contribution in [0.5, 0.6) is 0 Å². The van der Waals surface area contributed by atoms with Gasteiger partial charge in [0.15, 0.2) is 7.28 Å². The smallest absolute Gasteiger partial charge is 0.152 e. The Balaban J connectivity index is 1.43. The molecular formula is C35H38BO. The van der Waals surface area contributed by atoms with E-state index in [1.165, 1.54) is 33.8 Å². The Kier molecular flexibility index (Phi) is 5.98. The van der Waals surface area contributed by atoms with E-state index in [0.29, 0.717) is 17.8 Å². The Hall–Kier alpha value is -3.00. The van der Waals surface area contributed by atoms with Crippen molar-refractivity contribution in [3.05, 3.63) is 89.5 Å². The van der Waals surface area contributed by atoms with Gasteiger partial charge in [-0.3, -0.25) is 0 Å². The van der Waals surface area contributed by atoms with Crippen LogP contribution in [0.3, 0.4) is 0 Å². The predicted molar refractivity (Wildman–Crippen MR) is 158 cm³/mol. The molecule has 0 spiro atoms. The van der Waals surface area contributed by atoms with Crippen LogP contribution >= 0.6 is 0 Å². The van der Waals surface area contributed by atoms with Crippen molar-refractivity contribution in [2.75, 3.05) is 0 Å². The first-order valence-corrected chi connectivity index (χ1v) is 13.9. The van der Waals surface area contributed by atoms with E-state index >= 15 is 0 Å². The van der Waals surface area contributed by atoms with Crippen molar-refractivity contribution in [3.63, 3.8) is 0 Å². The molecule has 6 rings (SSSR count). The summed E-state index contributed by atoms with van der Waals surface area (Å²) in [5, 5.41) is 1.29. The summed E-state index contributed by atoms with van der Waals surface area (Å²) in [6, 6.07) is 19.8. The van der Waals surface area contributed by atoms with Crippen LogP contribution in [-0.4, -0.2) is 7.28 Å². The third-order valence-corrected chi connectivity index (χ3v) is 9.53. The van der Waals surface area contributed by atoms with Gasteiger partial charge in [0, 0.05) is 22.3 Å². The maximum Gasteiger partial charge on any atom is 0.152 e. The Morgan fingerprint density at radius 1 is 0.865 bits per heavy atom. The fourth-order valence-electron chi connectivity index (χ4n) is 6.16. The summed E-state index contributed by atoms with van der Waals surface area (Å²) in [6.45, 7) is 11.7. The van der Waals surface area contributed by atoms with E-state index < -0.39 is 0 Å². The second kappa shape index (κ2) is 9.08. The zero-order valence-electron chi connectivity index (χ0n) is 22.9. The number of hydrogen-bond donors (Lipinski definition) is 0. The van der Waals surface area contributed by atoms with Gasteiger partial charge in [0.05, 0.1) is 0 Å². The van der Waals surface area contributed by atoms with Crippen LogP contribution < -0.4 is 16.1 Å². The molecule has 3 aliphatic rings. The van der Waals surface area contributed by atoms with E-state index in [0.717, 1.165) is 29.5 Å². The monoisotopic (exact) mass is 485 g/mol. The number of benzene rings is 2. The molecule has 187 valence electrons. The van der Waals surface area contributed by atoms with E-state index in [1.54, 1.807) is 0 Å². The van der Waals surface area contributed by atoms with Crippen LogP contribution in [0.15, 0.2) is 83.3 Å². The van der Waals surface area contributed by atoms with Gasteiger partial charge in [-0.15, -0.1) is 0 Å². The van der Waals surface area contributed by atoms with Gasteiger partial charge in [-0.1, -0.05) is 131 Å². The lowest BCUT2D eigenvalue weighted by atomic mass is 9.53. The molecule has 37 heavy (non-hydrogen) atoms. The molecule has 0 amide bonds. The van der Waals surface area contributed by atoms with Crippen LogP contribution in [0, 0.1) is 28.6 Å². The number of furan rings is 1. The van der Waals surface area contributed by atoms with Gasteiger partial charge in [0.25, 0.3) is 0 Å². The molecule has 3 unspecified atom stereocenters. The number of fused-ring (bicyclic) bond motifs is 4. The van der Waals surface area contributed by atoms with Crippen LogP contribution in [0.4, 0.5) is 0 Å². The van der Waals surface area contributed by atoms with Gasteiger partial charge < -0.3 is 4.42 Å². The second-order valence-corrected chi connectivity index (χ2v) is 12.9. The highest BCUT2D eigenvalue weighted by molar-refractivity contribution is 6.53. The minimum atomic E-state index is 0.234. The van der Waals surface area contributed by atoms with Gasteiger partial charge in [-0.2, -0.15) is 0 Å². The van der Waals surface area contributed by atoms with Gasteiger partial charge in [-0.05, 0) is 46.6 Å². The quantitative estimate of drug-likeness (QED) is 0.350. The van der Waals surface area contributed by atoms with Gasteiger partial charge in [-0.25, -0.2) is 0 Å². The van der Waals surface area contributed by atoms with E-state index in [2.05, 4.69) is 127 Å². The van der Waals surface area contributed by atoms with E-state index in [4.69, 9.17) is 4.42 Å². The zero-order chi connectivity index (χ0) is 25.8. The Bertz CT molecular complexity index is 1480. The van der Waals surface area contributed by atoms with Gasteiger partial charge in [0.2, 0.25) is 0 Å².